The Bertz CT molecular complexity index is 2350. The number of aromatic nitrogens is 1. The smallest absolute Gasteiger partial charge is 0.177 e. The summed E-state index contributed by atoms with van der Waals surface area (Å²) >= 11 is 1.49. The predicted molar refractivity (Wildman–Crippen MR) is 179 cm³/mol. The molecule has 7 N–H and O–H groups in total. The Hall–Kier alpha value is -6.06. The van der Waals surface area contributed by atoms with Crippen molar-refractivity contribution < 1.29 is 35.1 Å². The number of phenolic OH excluding ortho intramolecular Hbond substituents is 6. The molecule has 9 aromatic rings. The van der Waals surface area contributed by atoms with Gasteiger partial charge in [-0.05, 0) is 66.7 Å². The highest BCUT2D eigenvalue weighted by Gasteiger charge is 2.10. The summed E-state index contributed by atoms with van der Waals surface area (Å²) in [6.45, 7) is 0. The number of benzene rings is 6. The van der Waals surface area contributed by atoms with Gasteiger partial charge in [-0.25, -0.2) is 0 Å². The van der Waals surface area contributed by atoms with Crippen LogP contribution in [0.4, 0.5) is 0 Å². The maximum Gasteiger partial charge on any atom is 0.177 e. The number of thiophene rings is 1. The first-order valence-electron chi connectivity index (χ1n) is 13.8. The van der Waals surface area contributed by atoms with E-state index in [9.17, 15) is 30.6 Å². The lowest BCUT2D eigenvalue weighted by atomic mass is 10.1. The number of hydrogen-bond donors (Lipinski definition) is 7. The average Bonchev–Trinajstić information content (AvgIpc) is 3.69. The number of H-pyrrole nitrogens is 1. The van der Waals surface area contributed by atoms with E-state index in [0.29, 0.717) is 16.9 Å². The van der Waals surface area contributed by atoms with Crippen molar-refractivity contribution >= 4 is 75.3 Å². The summed E-state index contributed by atoms with van der Waals surface area (Å²) in [5.41, 5.74) is 2.77. The second-order valence-electron chi connectivity index (χ2n) is 10.5. The van der Waals surface area contributed by atoms with Crippen molar-refractivity contribution in [3.63, 3.8) is 0 Å². The molecule has 0 aliphatic heterocycles. The van der Waals surface area contributed by atoms with Gasteiger partial charge in [0.25, 0.3) is 0 Å². The zero-order valence-electron chi connectivity index (χ0n) is 23.4. The third-order valence-electron chi connectivity index (χ3n) is 7.49. The number of fused-ring (bicyclic) bond motifs is 9. The number of aromatic amines is 1. The molecule has 0 amide bonds. The summed E-state index contributed by atoms with van der Waals surface area (Å²) in [5.74, 6) is 1.29. The minimum atomic E-state index is 0.114. The van der Waals surface area contributed by atoms with E-state index >= 15 is 0 Å². The number of hydrogen-bond acceptors (Lipinski definition) is 8. The first-order valence-corrected chi connectivity index (χ1v) is 14.7. The van der Waals surface area contributed by atoms with Gasteiger partial charge in [0.15, 0.2) is 11.3 Å². The third-order valence-corrected chi connectivity index (χ3v) is 8.68. The molecule has 0 unspecified atom stereocenters. The van der Waals surface area contributed by atoms with Crippen molar-refractivity contribution in [1.29, 1.82) is 0 Å². The molecule has 0 aliphatic rings. The first kappa shape index (κ1) is 27.8. The quantitative estimate of drug-likeness (QED) is 0.0898. The molecule has 9 rings (SSSR count). The van der Waals surface area contributed by atoms with Gasteiger partial charge in [0.2, 0.25) is 0 Å². The first-order chi connectivity index (χ1) is 21.7. The minimum Gasteiger partial charge on any atom is -0.508 e. The van der Waals surface area contributed by atoms with Gasteiger partial charge in [-0.2, -0.15) is 0 Å². The van der Waals surface area contributed by atoms with E-state index in [1.807, 2.05) is 36.4 Å². The SMILES string of the molecule is Oc1ccc2c(c1)[nH]c1cc(O)ccc12.Oc1ccc2c(c1)oc1c(O)cccc12.Oc1ccc2c(c1)sc1c(O)cccc12. The van der Waals surface area contributed by atoms with Gasteiger partial charge in [0.05, 0.1) is 15.7 Å². The molecule has 45 heavy (non-hydrogen) atoms. The highest BCUT2D eigenvalue weighted by atomic mass is 32.1. The standard InChI is InChI=1S/C12H9NO2.C12H8O3.C12H8O2S/c14-7-1-3-9-10-4-2-8(15)6-12(10)13-11(9)5-7;2*13-7-4-5-8-9-2-1-3-10(14)12(9)15-11(8)6-7/h1-6,13-15H;2*1-6,13-14H. The largest absolute Gasteiger partial charge is 0.508 e. The van der Waals surface area contributed by atoms with Crippen LogP contribution in [-0.2, 0) is 0 Å². The highest BCUT2D eigenvalue weighted by Crippen LogP contribution is 2.40. The van der Waals surface area contributed by atoms with Crippen LogP contribution in [0.3, 0.4) is 0 Å². The van der Waals surface area contributed by atoms with Crippen molar-refractivity contribution in [3.8, 4) is 34.5 Å². The molecule has 8 nitrogen and oxygen atoms in total. The molecule has 0 saturated carbocycles. The van der Waals surface area contributed by atoms with E-state index in [0.717, 1.165) is 52.8 Å². The zero-order valence-corrected chi connectivity index (χ0v) is 24.2. The number of phenols is 6. The predicted octanol–water partition coefficient (Wildman–Crippen LogP) is 9.20. The Kier molecular flexibility index (Phi) is 6.72. The van der Waals surface area contributed by atoms with Crippen molar-refractivity contribution in [2.24, 2.45) is 0 Å². The molecular formula is C36H25NO7S. The molecule has 0 bridgehead atoms. The lowest BCUT2D eigenvalue weighted by Gasteiger charge is -1.93. The van der Waals surface area contributed by atoms with Gasteiger partial charge < -0.3 is 40.0 Å². The van der Waals surface area contributed by atoms with Crippen LogP contribution in [0.25, 0.3) is 63.9 Å². The van der Waals surface area contributed by atoms with Crippen LogP contribution < -0.4 is 0 Å². The molecule has 6 aromatic carbocycles. The molecule has 9 heteroatoms. The Morgan fingerprint density at radius 2 is 1.00 bits per heavy atom. The van der Waals surface area contributed by atoms with E-state index in [2.05, 4.69) is 4.98 Å². The van der Waals surface area contributed by atoms with E-state index in [4.69, 9.17) is 4.42 Å². The summed E-state index contributed by atoms with van der Waals surface area (Å²) < 4.78 is 7.32. The maximum atomic E-state index is 9.69. The fraction of sp³-hybridized carbons (Fsp3) is 0. The third kappa shape index (κ3) is 5.11. The van der Waals surface area contributed by atoms with Gasteiger partial charge in [0, 0.05) is 55.2 Å². The summed E-state index contributed by atoms with van der Waals surface area (Å²) in [6.07, 6.45) is 0. The fourth-order valence-corrected chi connectivity index (χ4v) is 6.58. The summed E-state index contributed by atoms with van der Waals surface area (Å²) in [4.78, 5) is 3.14. The summed E-state index contributed by atoms with van der Waals surface area (Å²) in [7, 11) is 0. The van der Waals surface area contributed by atoms with Crippen LogP contribution in [0, 0.1) is 0 Å². The van der Waals surface area contributed by atoms with Crippen LogP contribution in [0.2, 0.25) is 0 Å². The Balaban J connectivity index is 0.000000108. The van der Waals surface area contributed by atoms with E-state index < -0.39 is 0 Å². The number of furan rings is 1. The van der Waals surface area contributed by atoms with Crippen LogP contribution >= 0.6 is 11.3 Å². The molecule has 0 fully saturated rings. The second-order valence-corrected chi connectivity index (χ2v) is 11.5. The van der Waals surface area contributed by atoms with Crippen molar-refractivity contribution in [1.82, 2.24) is 4.98 Å². The van der Waals surface area contributed by atoms with Crippen LogP contribution in [0.5, 0.6) is 34.5 Å². The molecule has 0 spiro atoms. The number of aromatic hydroxyl groups is 6. The monoisotopic (exact) mass is 615 g/mol. The number of nitrogens with one attached hydrogen (secondary N) is 1. The topological polar surface area (TPSA) is 150 Å². The fourth-order valence-electron chi connectivity index (χ4n) is 5.43. The lowest BCUT2D eigenvalue weighted by molar-refractivity contribution is 0.466. The van der Waals surface area contributed by atoms with Crippen molar-refractivity contribution in [2.45, 2.75) is 0 Å². The summed E-state index contributed by atoms with van der Waals surface area (Å²) in [6, 6.07) is 31.2. The van der Waals surface area contributed by atoms with E-state index in [1.54, 1.807) is 66.7 Å². The Morgan fingerprint density at radius 3 is 1.67 bits per heavy atom. The van der Waals surface area contributed by atoms with Gasteiger partial charge in [-0.3, -0.25) is 0 Å². The Labute approximate surface area is 258 Å². The minimum absolute atomic E-state index is 0.114. The number of para-hydroxylation sites is 1. The lowest BCUT2D eigenvalue weighted by Crippen LogP contribution is -1.67. The molecule has 222 valence electrons. The van der Waals surface area contributed by atoms with Crippen molar-refractivity contribution in [2.75, 3.05) is 0 Å². The zero-order chi connectivity index (χ0) is 31.2. The normalized spacial score (nSPS) is 11.2. The highest BCUT2D eigenvalue weighted by molar-refractivity contribution is 7.26. The molecule has 3 aromatic heterocycles. The molecule has 0 atom stereocenters. The number of rotatable bonds is 0. The van der Waals surface area contributed by atoms with E-state index in [-0.39, 0.29) is 28.7 Å². The maximum absolute atomic E-state index is 9.69. The molecule has 0 saturated heterocycles. The molecule has 3 heterocycles. The van der Waals surface area contributed by atoms with Gasteiger partial charge in [-0.15, -0.1) is 11.3 Å². The average molecular weight is 616 g/mol. The second kappa shape index (κ2) is 10.9. The molecular weight excluding hydrogens is 590 g/mol. The van der Waals surface area contributed by atoms with Gasteiger partial charge in [0.1, 0.15) is 34.3 Å². The van der Waals surface area contributed by atoms with Gasteiger partial charge in [-0.1, -0.05) is 24.3 Å². The summed E-state index contributed by atoms with van der Waals surface area (Å²) in [5, 5.41) is 62.6. The van der Waals surface area contributed by atoms with Gasteiger partial charge >= 0.3 is 0 Å². The molecule has 0 aliphatic carbocycles. The van der Waals surface area contributed by atoms with Crippen molar-refractivity contribution in [3.05, 3.63) is 109 Å². The Morgan fingerprint density at radius 1 is 0.467 bits per heavy atom. The van der Waals surface area contributed by atoms with E-state index in [1.165, 1.54) is 17.4 Å². The van der Waals surface area contributed by atoms with Crippen LogP contribution in [-0.4, -0.2) is 35.6 Å². The van der Waals surface area contributed by atoms with Crippen LogP contribution in [0.1, 0.15) is 0 Å². The molecule has 0 radical (unpaired) electrons. The van der Waals surface area contributed by atoms with Crippen LogP contribution in [0.15, 0.2) is 114 Å².